The maximum Gasteiger partial charge on any atom is 0.237 e. The molecule has 102 valence electrons. The summed E-state index contributed by atoms with van der Waals surface area (Å²) in [5.41, 5.74) is 1.81. The van der Waals surface area contributed by atoms with Gasteiger partial charge in [0.2, 0.25) is 5.91 Å². The van der Waals surface area contributed by atoms with Crippen molar-refractivity contribution in [2.75, 3.05) is 0 Å². The van der Waals surface area contributed by atoms with E-state index in [1.165, 1.54) is 0 Å². The van der Waals surface area contributed by atoms with E-state index >= 15 is 0 Å². The van der Waals surface area contributed by atoms with Gasteiger partial charge in [-0.2, -0.15) is 5.10 Å². The van der Waals surface area contributed by atoms with E-state index in [2.05, 4.69) is 15.7 Å². The van der Waals surface area contributed by atoms with Gasteiger partial charge in [-0.3, -0.25) is 9.48 Å². The molecule has 1 aromatic heterocycles. The molecule has 0 saturated heterocycles. The lowest BCUT2D eigenvalue weighted by atomic mass is 10.2. The predicted octanol–water partition coefficient (Wildman–Crippen LogP) is 1.38. The van der Waals surface area contributed by atoms with Crippen molar-refractivity contribution in [2.45, 2.75) is 46.3 Å². The van der Waals surface area contributed by atoms with Crippen LogP contribution in [-0.2, 0) is 18.4 Å². The van der Waals surface area contributed by atoms with Crippen molar-refractivity contribution in [1.82, 2.24) is 20.4 Å². The summed E-state index contributed by atoms with van der Waals surface area (Å²) in [7, 11) is 1.80. The summed E-state index contributed by atoms with van der Waals surface area (Å²) in [4.78, 5) is 11.7. The fraction of sp³-hybridized carbons (Fsp3) is 0.667. The average molecular weight is 273 g/mol. The van der Waals surface area contributed by atoms with Crippen molar-refractivity contribution in [3.8, 4) is 0 Å². The monoisotopic (exact) mass is 272 g/mol. The first kappa shape index (κ1) is 15.0. The van der Waals surface area contributed by atoms with Crippen LogP contribution in [0.2, 0.25) is 5.15 Å². The van der Waals surface area contributed by atoms with E-state index < -0.39 is 0 Å². The van der Waals surface area contributed by atoms with Crippen LogP contribution < -0.4 is 10.6 Å². The van der Waals surface area contributed by atoms with Crippen LogP contribution in [0.3, 0.4) is 0 Å². The van der Waals surface area contributed by atoms with E-state index in [9.17, 15) is 4.79 Å². The third kappa shape index (κ3) is 3.71. The molecule has 0 saturated carbocycles. The Hall–Kier alpha value is -1.07. The summed E-state index contributed by atoms with van der Waals surface area (Å²) in [6, 6.07) is -0.117. The first-order valence-corrected chi connectivity index (χ1v) is 6.42. The summed E-state index contributed by atoms with van der Waals surface area (Å²) in [6.07, 6.45) is 0. The second kappa shape index (κ2) is 6.20. The normalized spacial score (nSPS) is 12.8. The molecule has 0 aliphatic heterocycles. The van der Waals surface area contributed by atoms with Crippen LogP contribution in [0.4, 0.5) is 0 Å². The number of aromatic nitrogens is 2. The molecule has 2 N–H and O–H groups in total. The summed E-state index contributed by atoms with van der Waals surface area (Å²) < 4.78 is 1.63. The number of amides is 1. The fourth-order valence-corrected chi connectivity index (χ4v) is 1.87. The molecule has 0 bridgehead atoms. The van der Waals surface area contributed by atoms with Crippen molar-refractivity contribution in [2.24, 2.45) is 7.05 Å². The quantitative estimate of drug-likeness (QED) is 0.852. The lowest BCUT2D eigenvalue weighted by Gasteiger charge is -2.15. The number of rotatable bonds is 5. The molecule has 6 heteroatoms. The summed E-state index contributed by atoms with van der Waals surface area (Å²) in [6.45, 7) is 8.14. The van der Waals surface area contributed by atoms with E-state index in [1.807, 2.05) is 27.7 Å². The van der Waals surface area contributed by atoms with E-state index in [0.717, 1.165) is 11.3 Å². The van der Waals surface area contributed by atoms with E-state index in [4.69, 9.17) is 11.6 Å². The standard InChI is InChI=1S/C12H21ClN4O/c1-7(2)15-12(18)9(4)14-6-10-8(3)16-17(5)11(10)13/h7,9,14H,6H2,1-5H3,(H,15,18). The van der Waals surface area contributed by atoms with Gasteiger partial charge in [0, 0.05) is 25.2 Å². The van der Waals surface area contributed by atoms with Gasteiger partial charge in [0.25, 0.3) is 0 Å². The van der Waals surface area contributed by atoms with Gasteiger partial charge in [-0.15, -0.1) is 0 Å². The first-order valence-electron chi connectivity index (χ1n) is 6.04. The topological polar surface area (TPSA) is 59.0 Å². The van der Waals surface area contributed by atoms with Crippen LogP contribution in [0.5, 0.6) is 0 Å². The Morgan fingerprint density at radius 2 is 2.06 bits per heavy atom. The van der Waals surface area contributed by atoms with E-state index in [-0.39, 0.29) is 18.0 Å². The van der Waals surface area contributed by atoms with Gasteiger partial charge in [0.15, 0.2) is 0 Å². The maximum absolute atomic E-state index is 11.7. The predicted molar refractivity (Wildman–Crippen MR) is 72.5 cm³/mol. The molecule has 1 rings (SSSR count). The average Bonchev–Trinajstić information content (AvgIpc) is 2.49. The Bertz CT molecular complexity index is 428. The first-order chi connectivity index (χ1) is 8.32. The maximum atomic E-state index is 11.7. The second-order valence-electron chi connectivity index (χ2n) is 4.74. The molecule has 1 heterocycles. The Labute approximate surface area is 113 Å². The van der Waals surface area contributed by atoms with Crippen molar-refractivity contribution in [1.29, 1.82) is 0 Å². The van der Waals surface area contributed by atoms with Gasteiger partial charge in [-0.1, -0.05) is 11.6 Å². The van der Waals surface area contributed by atoms with Crippen molar-refractivity contribution >= 4 is 17.5 Å². The van der Waals surface area contributed by atoms with Gasteiger partial charge in [-0.05, 0) is 27.7 Å². The Morgan fingerprint density at radius 1 is 1.44 bits per heavy atom. The zero-order valence-electron chi connectivity index (χ0n) is 11.5. The van der Waals surface area contributed by atoms with E-state index in [1.54, 1.807) is 11.7 Å². The molecular formula is C12H21ClN4O. The van der Waals surface area contributed by atoms with Crippen LogP contribution in [-0.4, -0.2) is 27.8 Å². The number of carbonyl (C=O) groups is 1. The lowest BCUT2D eigenvalue weighted by Crippen LogP contribution is -2.44. The van der Waals surface area contributed by atoms with Crippen LogP contribution in [0.25, 0.3) is 0 Å². The molecule has 1 amide bonds. The molecular weight excluding hydrogens is 252 g/mol. The molecule has 5 nitrogen and oxygen atoms in total. The highest BCUT2D eigenvalue weighted by atomic mass is 35.5. The Balaban J connectivity index is 2.57. The number of nitrogens with zero attached hydrogens (tertiary/aromatic N) is 2. The number of hydrogen-bond donors (Lipinski definition) is 2. The molecule has 0 radical (unpaired) electrons. The highest BCUT2D eigenvalue weighted by molar-refractivity contribution is 6.30. The number of nitrogens with one attached hydrogen (secondary N) is 2. The molecule has 0 aliphatic rings. The number of hydrogen-bond acceptors (Lipinski definition) is 3. The van der Waals surface area contributed by atoms with Crippen molar-refractivity contribution < 1.29 is 4.79 Å². The van der Waals surface area contributed by atoms with Crippen LogP contribution in [0.1, 0.15) is 32.0 Å². The summed E-state index contributed by atoms with van der Waals surface area (Å²) in [5, 5.41) is 10.8. The fourth-order valence-electron chi connectivity index (χ4n) is 1.63. The molecule has 18 heavy (non-hydrogen) atoms. The van der Waals surface area contributed by atoms with Crippen molar-refractivity contribution in [3.63, 3.8) is 0 Å². The molecule has 1 atom stereocenters. The summed E-state index contributed by atoms with van der Waals surface area (Å²) >= 11 is 6.12. The minimum atomic E-state index is -0.261. The largest absolute Gasteiger partial charge is 0.353 e. The van der Waals surface area contributed by atoms with Gasteiger partial charge < -0.3 is 10.6 Å². The number of halogens is 1. The van der Waals surface area contributed by atoms with Gasteiger partial charge in [0.05, 0.1) is 11.7 Å². The molecule has 1 aromatic rings. The highest BCUT2D eigenvalue weighted by Gasteiger charge is 2.16. The smallest absolute Gasteiger partial charge is 0.237 e. The summed E-state index contributed by atoms with van der Waals surface area (Å²) in [5.74, 6) is -0.0114. The molecule has 0 aromatic carbocycles. The van der Waals surface area contributed by atoms with Gasteiger partial charge in [0.1, 0.15) is 5.15 Å². The Kier molecular flexibility index (Phi) is 5.16. The molecule has 0 fully saturated rings. The van der Waals surface area contributed by atoms with Crippen LogP contribution in [0.15, 0.2) is 0 Å². The molecule has 0 aliphatic carbocycles. The number of carbonyl (C=O) groups excluding carboxylic acids is 1. The SMILES string of the molecule is Cc1nn(C)c(Cl)c1CNC(C)C(=O)NC(C)C. The van der Waals surface area contributed by atoms with Crippen LogP contribution >= 0.6 is 11.6 Å². The van der Waals surface area contributed by atoms with E-state index in [0.29, 0.717) is 11.7 Å². The number of aryl methyl sites for hydroxylation is 2. The van der Waals surface area contributed by atoms with Gasteiger partial charge >= 0.3 is 0 Å². The minimum Gasteiger partial charge on any atom is -0.353 e. The third-order valence-corrected chi connectivity index (χ3v) is 3.15. The van der Waals surface area contributed by atoms with Gasteiger partial charge in [-0.25, -0.2) is 0 Å². The highest BCUT2D eigenvalue weighted by Crippen LogP contribution is 2.18. The molecule has 1 unspecified atom stereocenters. The zero-order chi connectivity index (χ0) is 13.9. The second-order valence-corrected chi connectivity index (χ2v) is 5.10. The lowest BCUT2D eigenvalue weighted by molar-refractivity contribution is -0.123. The minimum absolute atomic E-state index is 0.0114. The van der Waals surface area contributed by atoms with Crippen molar-refractivity contribution in [3.05, 3.63) is 16.4 Å². The van der Waals surface area contributed by atoms with Crippen LogP contribution in [0, 0.1) is 6.92 Å². The Morgan fingerprint density at radius 3 is 2.50 bits per heavy atom. The molecule has 0 spiro atoms. The third-order valence-electron chi connectivity index (χ3n) is 2.68. The zero-order valence-corrected chi connectivity index (χ0v) is 12.3.